The third-order valence-corrected chi connectivity index (χ3v) is 2.54. The number of benzene rings is 1. The minimum absolute atomic E-state index is 0.134. The van der Waals surface area contributed by atoms with Gasteiger partial charge in [-0.05, 0) is 24.3 Å². The van der Waals surface area contributed by atoms with Crippen molar-refractivity contribution in [3.05, 3.63) is 52.9 Å². The molecule has 0 saturated carbocycles. The van der Waals surface area contributed by atoms with Crippen LogP contribution in [0.1, 0.15) is 16.3 Å². The van der Waals surface area contributed by atoms with Crippen LogP contribution in [0.4, 0.5) is 0 Å². The molecule has 0 aliphatic heterocycles. The summed E-state index contributed by atoms with van der Waals surface area (Å²) in [6.45, 7) is 0.182. The molecule has 0 radical (unpaired) electrons. The van der Waals surface area contributed by atoms with E-state index in [1.807, 2.05) is 17.6 Å². The van der Waals surface area contributed by atoms with Crippen molar-refractivity contribution in [1.29, 1.82) is 0 Å². The van der Waals surface area contributed by atoms with Gasteiger partial charge < -0.3 is 9.15 Å². The molecule has 0 saturated heterocycles. The van der Waals surface area contributed by atoms with Crippen LogP contribution in [-0.2, 0) is 6.61 Å². The molecule has 0 aliphatic carbocycles. The summed E-state index contributed by atoms with van der Waals surface area (Å²) in [6, 6.07) is 10.3. The molecule has 3 N–H and O–H groups in total. The van der Waals surface area contributed by atoms with Gasteiger partial charge in [-0.3, -0.25) is 10.2 Å². The summed E-state index contributed by atoms with van der Waals surface area (Å²) in [5, 5.41) is 0.518. The largest absolute Gasteiger partial charge is 0.484 e. The second-order valence-electron chi connectivity index (χ2n) is 3.46. The molecular formula is C12H11ClN2O3. The first-order chi connectivity index (χ1) is 8.70. The van der Waals surface area contributed by atoms with E-state index in [1.54, 1.807) is 18.2 Å². The SMILES string of the molecule is NNC(=O)c1ccc(COc2ccccc2Cl)o1. The number of amides is 1. The number of hydrogen-bond acceptors (Lipinski definition) is 4. The van der Waals surface area contributed by atoms with Crippen molar-refractivity contribution in [2.75, 3.05) is 0 Å². The molecule has 0 unspecified atom stereocenters. The van der Waals surface area contributed by atoms with Crippen molar-refractivity contribution in [3.8, 4) is 5.75 Å². The lowest BCUT2D eigenvalue weighted by Gasteiger charge is -2.05. The molecule has 5 nitrogen and oxygen atoms in total. The van der Waals surface area contributed by atoms with Crippen LogP contribution >= 0.6 is 11.6 Å². The molecule has 0 fully saturated rings. The van der Waals surface area contributed by atoms with Crippen molar-refractivity contribution in [1.82, 2.24) is 5.43 Å². The van der Waals surface area contributed by atoms with Gasteiger partial charge >= 0.3 is 5.91 Å². The normalized spacial score (nSPS) is 10.1. The molecular weight excluding hydrogens is 256 g/mol. The molecule has 0 spiro atoms. The monoisotopic (exact) mass is 266 g/mol. The van der Waals surface area contributed by atoms with Crippen LogP contribution in [0.25, 0.3) is 0 Å². The standard InChI is InChI=1S/C12H11ClN2O3/c13-9-3-1-2-4-10(9)17-7-8-5-6-11(18-8)12(16)15-14/h1-6H,7,14H2,(H,15,16). The Kier molecular flexibility index (Phi) is 3.86. The Bertz CT molecular complexity index is 554. The summed E-state index contributed by atoms with van der Waals surface area (Å²) in [5.41, 5.74) is 1.98. The average molecular weight is 267 g/mol. The van der Waals surface area contributed by atoms with E-state index in [-0.39, 0.29) is 12.4 Å². The molecule has 1 amide bonds. The van der Waals surface area contributed by atoms with Gasteiger partial charge in [0.05, 0.1) is 5.02 Å². The Balaban J connectivity index is 2.01. The molecule has 6 heteroatoms. The average Bonchev–Trinajstić information content (AvgIpc) is 2.86. The zero-order valence-corrected chi connectivity index (χ0v) is 10.1. The maximum absolute atomic E-state index is 11.2. The van der Waals surface area contributed by atoms with Crippen molar-refractivity contribution >= 4 is 17.5 Å². The number of halogens is 1. The molecule has 0 bridgehead atoms. The van der Waals surface area contributed by atoms with Crippen LogP contribution in [0.2, 0.25) is 5.02 Å². The minimum Gasteiger partial charge on any atom is -0.484 e. The molecule has 1 aromatic carbocycles. The number of hydrogen-bond donors (Lipinski definition) is 2. The lowest BCUT2D eigenvalue weighted by Crippen LogP contribution is -2.29. The van der Waals surface area contributed by atoms with Crippen LogP contribution in [-0.4, -0.2) is 5.91 Å². The number of hydrazine groups is 1. The van der Waals surface area contributed by atoms with E-state index in [2.05, 4.69) is 0 Å². The van der Waals surface area contributed by atoms with E-state index in [0.717, 1.165) is 0 Å². The van der Waals surface area contributed by atoms with E-state index in [9.17, 15) is 4.79 Å². The van der Waals surface area contributed by atoms with E-state index in [1.165, 1.54) is 6.07 Å². The summed E-state index contributed by atoms with van der Waals surface area (Å²) in [5.74, 6) is 5.70. The van der Waals surface area contributed by atoms with Gasteiger partial charge in [-0.25, -0.2) is 5.84 Å². The van der Waals surface area contributed by atoms with Crippen molar-refractivity contribution in [2.45, 2.75) is 6.61 Å². The van der Waals surface area contributed by atoms with Gasteiger partial charge in [-0.15, -0.1) is 0 Å². The molecule has 1 aromatic heterocycles. The Morgan fingerprint density at radius 2 is 2.11 bits per heavy atom. The number of nitrogens with one attached hydrogen (secondary N) is 1. The first-order valence-electron chi connectivity index (χ1n) is 5.17. The molecule has 0 atom stereocenters. The van der Waals surface area contributed by atoms with Gasteiger partial charge in [0.1, 0.15) is 18.1 Å². The number of para-hydroxylation sites is 1. The highest BCUT2D eigenvalue weighted by atomic mass is 35.5. The summed E-state index contributed by atoms with van der Waals surface area (Å²) in [7, 11) is 0. The van der Waals surface area contributed by atoms with E-state index in [0.29, 0.717) is 16.5 Å². The number of rotatable bonds is 4. The number of ether oxygens (including phenoxy) is 1. The predicted molar refractivity (Wildman–Crippen MR) is 66.1 cm³/mol. The maximum atomic E-state index is 11.2. The van der Waals surface area contributed by atoms with Gasteiger partial charge in [0.2, 0.25) is 0 Å². The van der Waals surface area contributed by atoms with Gasteiger partial charge in [-0.2, -0.15) is 0 Å². The highest BCUT2D eigenvalue weighted by Crippen LogP contribution is 2.24. The number of nitrogens with two attached hydrogens (primary N) is 1. The topological polar surface area (TPSA) is 77.5 Å². The molecule has 0 aliphatic rings. The van der Waals surface area contributed by atoms with E-state index < -0.39 is 5.91 Å². The van der Waals surface area contributed by atoms with Crippen LogP contribution in [0, 0.1) is 0 Å². The first kappa shape index (κ1) is 12.5. The minimum atomic E-state index is -0.487. The lowest BCUT2D eigenvalue weighted by atomic mass is 10.3. The Hall–Kier alpha value is -1.98. The van der Waals surface area contributed by atoms with Gasteiger partial charge in [-0.1, -0.05) is 23.7 Å². The molecule has 94 valence electrons. The van der Waals surface area contributed by atoms with Gasteiger partial charge in [0, 0.05) is 0 Å². The van der Waals surface area contributed by atoms with Gasteiger partial charge in [0.25, 0.3) is 0 Å². The smallest absolute Gasteiger partial charge is 0.300 e. The number of furan rings is 1. The Morgan fingerprint density at radius 3 is 2.83 bits per heavy atom. The second kappa shape index (κ2) is 5.57. The summed E-state index contributed by atoms with van der Waals surface area (Å²) in [4.78, 5) is 11.2. The number of nitrogen functional groups attached to an aromatic ring is 1. The van der Waals surface area contributed by atoms with Crippen LogP contribution < -0.4 is 16.0 Å². The highest BCUT2D eigenvalue weighted by molar-refractivity contribution is 6.32. The van der Waals surface area contributed by atoms with Crippen LogP contribution in [0.3, 0.4) is 0 Å². The molecule has 18 heavy (non-hydrogen) atoms. The fourth-order valence-corrected chi connectivity index (χ4v) is 1.55. The third kappa shape index (κ3) is 2.82. The van der Waals surface area contributed by atoms with E-state index in [4.69, 9.17) is 26.6 Å². The molecule has 2 aromatic rings. The van der Waals surface area contributed by atoms with Gasteiger partial charge in [0.15, 0.2) is 5.76 Å². The van der Waals surface area contributed by atoms with E-state index >= 15 is 0 Å². The fraction of sp³-hybridized carbons (Fsp3) is 0.0833. The van der Waals surface area contributed by atoms with Crippen molar-refractivity contribution in [2.24, 2.45) is 5.84 Å². The molecule has 2 rings (SSSR count). The predicted octanol–water partition coefficient (Wildman–Crippen LogP) is 2.12. The van der Waals surface area contributed by atoms with Crippen molar-refractivity contribution < 1.29 is 13.9 Å². The lowest BCUT2D eigenvalue weighted by molar-refractivity contribution is 0.0922. The summed E-state index contributed by atoms with van der Waals surface area (Å²) in [6.07, 6.45) is 0. The van der Waals surface area contributed by atoms with Crippen LogP contribution in [0.15, 0.2) is 40.8 Å². The number of carbonyl (C=O) groups is 1. The Morgan fingerprint density at radius 1 is 1.33 bits per heavy atom. The summed E-state index contributed by atoms with van der Waals surface area (Å²) < 4.78 is 10.7. The van der Waals surface area contributed by atoms with Crippen LogP contribution in [0.5, 0.6) is 5.75 Å². The second-order valence-corrected chi connectivity index (χ2v) is 3.87. The number of carbonyl (C=O) groups excluding carboxylic acids is 1. The quantitative estimate of drug-likeness (QED) is 0.505. The zero-order valence-electron chi connectivity index (χ0n) is 9.35. The third-order valence-electron chi connectivity index (χ3n) is 2.22. The molecule has 1 heterocycles. The fourth-order valence-electron chi connectivity index (χ4n) is 1.36. The summed E-state index contributed by atoms with van der Waals surface area (Å²) >= 11 is 5.93. The zero-order chi connectivity index (χ0) is 13.0. The van der Waals surface area contributed by atoms with Crippen molar-refractivity contribution in [3.63, 3.8) is 0 Å². The maximum Gasteiger partial charge on any atom is 0.300 e. The highest BCUT2D eigenvalue weighted by Gasteiger charge is 2.10. The first-order valence-corrected chi connectivity index (χ1v) is 5.55. The Labute approximate surface area is 108 Å².